The number of benzene rings is 2. The summed E-state index contributed by atoms with van der Waals surface area (Å²) >= 11 is 6.17. The van der Waals surface area contributed by atoms with Crippen LogP contribution in [0.25, 0.3) is 0 Å². The number of hydrogen-bond acceptors (Lipinski definition) is 3. The molecular weight excluding hydrogens is 364 g/mol. The summed E-state index contributed by atoms with van der Waals surface area (Å²) < 4.78 is 6.84. The molecule has 0 aliphatic rings. The van der Waals surface area contributed by atoms with Crippen molar-refractivity contribution in [3.63, 3.8) is 0 Å². The highest BCUT2D eigenvalue weighted by Gasteiger charge is 2.13. The lowest BCUT2D eigenvalue weighted by Gasteiger charge is -2.10. The predicted molar refractivity (Wildman–Crippen MR) is 107 cm³/mol. The van der Waals surface area contributed by atoms with Crippen LogP contribution in [0.1, 0.15) is 22.8 Å². The summed E-state index contributed by atoms with van der Waals surface area (Å²) in [5.74, 6) is 0.259. The molecule has 3 aromatic rings. The maximum Gasteiger partial charge on any atom is 0.263 e. The molecule has 1 aromatic heterocycles. The lowest BCUT2D eigenvalue weighted by Crippen LogP contribution is -2.29. The first-order chi connectivity index (χ1) is 13.1. The van der Waals surface area contributed by atoms with Crippen molar-refractivity contribution in [2.45, 2.75) is 13.5 Å². The van der Waals surface area contributed by atoms with Crippen LogP contribution in [0.2, 0.25) is 5.02 Å². The van der Waals surface area contributed by atoms with E-state index in [0.717, 1.165) is 11.3 Å². The zero-order valence-electron chi connectivity index (χ0n) is 14.8. The molecule has 0 bridgehead atoms. The van der Waals surface area contributed by atoms with Crippen LogP contribution in [-0.4, -0.2) is 17.1 Å². The Morgan fingerprint density at radius 1 is 1.07 bits per heavy atom. The highest BCUT2D eigenvalue weighted by atomic mass is 35.5. The van der Waals surface area contributed by atoms with E-state index in [0.29, 0.717) is 23.9 Å². The smallest absolute Gasteiger partial charge is 0.263 e. The molecule has 0 aliphatic carbocycles. The van der Waals surface area contributed by atoms with Crippen molar-refractivity contribution in [3.05, 3.63) is 93.4 Å². The number of carbonyl (C=O) groups is 1. The van der Waals surface area contributed by atoms with Gasteiger partial charge < -0.3 is 14.6 Å². The van der Waals surface area contributed by atoms with Crippen molar-refractivity contribution in [2.75, 3.05) is 11.9 Å². The molecule has 0 saturated heterocycles. The summed E-state index contributed by atoms with van der Waals surface area (Å²) in [5, 5.41) is 3.31. The van der Waals surface area contributed by atoms with Gasteiger partial charge in [-0.2, -0.15) is 0 Å². The second-order valence-electron chi connectivity index (χ2n) is 5.86. The second kappa shape index (κ2) is 8.56. The van der Waals surface area contributed by atoms with Gasteiger partial charge in [0, 0.05) is 16.9 Å². The topological polar surface area (TPSA) is 60.3 Å². The van der Waals surface area contributed by atoms with Gasteiger partial charge in [0.25, 0.3) is 11.5 Å². The molecule has 0 unspecified atom stereocenters. The van der Waals surface area contributed by atoms with Gasteiger partial charge in [-0.25, -0.2) is 0 Å². The van der Waals surface area contributed by atoms with Crippen molar-refractivity contribution >= 4 is 23.2 Å². The number of pyridine rings is 1. The Morgan fingerprint density at radius 2 is 1.81 bits per heavy atom. The lowest BCUT2D eigenvalue weighted by atomic mass is 10.2. The maximum absolute atomic E-state index is 12.7. The van der Waals surface area contributed by atoms with E-state index >= 15 is 0 Å². The van der Waals surface area contributed by atoms with Crippen LogP contribution < -0.4 is 15.6 Å². The molecule has 0 fully saturated rings. The molecule has 0 aliphatic heterocycles. The van der Waals surface area contributed by atoms with Crippen molar-refractivity contribution in [2.24, 2.45) is 0 Å². The number of carbonyl (C=O) groups excluding carboxylic acids is 1. The Kier molecular flexibility index (Phi) is 5.94. The summed E-state index contributed by atoms with van der Waals surface area (Å²) in [6, 6.07) is 17.5. The third-order valence-electron chi connectivity index (χ3n) is 3.99. The van der Waals surface area contributed by atoms with E-state index in [4.69, 9.17) is 16.3 Å². The fourth-order valence-electron chi connectivity index (χ4n) is 2.64. The number of halogens is 1. The molecule has 1 amide bonds. The molecule has 0 atom stereocenters. The van der Waals surface area contributed by atoms with E-state index < -0.39 is 5.91 Å². The minimum atomic E-state index is -0.460. The number of aromatic nitrogens is 1. The molecule has 27 heavy (non-hydrogen) atoms. The summed E-state index contributed by atoms with van der Waals surface area (Å²) in [5.41, 5.74) is 1.09. The van der Waals surface area contributed by atoms with Crippen molar-refractivity contribution in [3.8, 4) is 5.75 Å². The van der Waals surface area contributed by atoms with Crippen LogP contribution in [0.5, 0.6) is 5.75 Å². The van der Waals surface area contributed by atoms with Gasteiger partial charge >= 0.3 is 0 Å². The van der Waals surface area contributed by atoms with Crippen molar-refractivity contribution in [1.29, 1.82) is 0 Å². The molecule has 5 nitrogen and oxygen atoms in total. The fourth-order valence-corrected chi connectivity index (χ4v) is 2.84. The molecule has 2 aromatic carbocycles. The zero-order valence-corrected chi connectivity index (χ0v) is 15.6. The van der Waals surface area contributed by atoms with Crippen LogP contribution >= 0.6 is 11.6 Å². The number of ether oxygens (including phenoxy) is 1. The maximum atomic E-state index is 12.7. The van der Waals surface area contributed by atoms with Crippen molar-refractivity contribution < 1.29 is 9.53 Å². The molecule has 138 valence electrons. The number of hydrogen-bond donors (Lipinski definition) is 1. The van der Waals surface area contributed by atoms with Crippen LogP contribution in [-0.2, 0) is 6.54 Å². The first kappa shape index (κ1) is 18.7. The molecule has 6 heteroatoms. The van der Waals surface area contributed by atoms with E-state index in [1.165, 1.54) is 10.6 Å². The van der Waals surface area contributed by atoms with Gasteiger partial charge in [-0.15, -0.1) is 0 Å². The fraction of sp³-hybridized carbons (Fsp3) is 0.143. The minimum Gasteiger partial charge on any atom is -0.494 e. The van der Waals surface area contributed by atoms with Gasteiger partial charge in [0.15, 0.2) is 0 Å². The Morgan fingerprint density at radius 3 is 2.52 bits per heavy atom. The first-order valence-corrected chi connectivity index (χ1v) is 8.93. The van der Waals surface area contributed by atoms with Gasteiger partial charge in [-0.05, 0) is 55.0 Å². The molecule has 1 heterocycles. The highest BCUT2D eigenvalue weighted by molar-refractivity contribution is 6.31. The Labute approximate surface area is 162 Å². The normalized spacial score (nSPS) is 10.4. The Balaban J connectivity index is 1.79. The molecule has 1 N–H and O–H groups in total. The van der Waals surface area contributed by atoms with E-state index in [1.807, 2.05) is 25.1 Å². The SMILES string of the molecule is CCOc1ccc(NC(=O)c2cccn(Cc3ccccc3Cl)c2=O)cc1. The van der Waals surface area contributed by atoms with Gasteiger partial charge in [0.1, 0.15) is 11.3 Å². The van der Waals surface area contributed by atoms with E-state index in [2.05, 4.69) is 5.32 Å². The summed E-state index contributed by atoms with van der Waals surface area (Å²) in [6.45, 7) is 2.77. The zero-order chi connectivity index (χ0) is 19.2. The van der Waals surface area contributed by atoms with E-state index in [-0.39, 0.29) is 11.1 Å². The minimum absolute atomic E-state index is 0.0680. The third-order valence-corrected chi connectivity index (χ3v) is 4.36. The average molecular weight is 383 g/mol. The van der Waals surface area contributed by atoms with Crippen LogP contribution in [0.3, 0.4) is 0 Å². The van der Waals surface area contributed by atoms with Gasteiger partial charge in [0.05, 0.1) is 13.2 Å². The molecule has 0 spiro atoms. The summed E-state index contributed by atoms with van der Waals surface area (Å²) in [4.78, 5) is 25.2. The number of nitrogens with one attached hydrogen (secondary N) is 1. The van der Waals surface area contributed by atoms with Gasteiger partial charge in [-0.1, -0.05) is 29.8 Å². The summed E-state index contributed by atoms with van der Waals surface area (Å²) in [7, 11) is 0. The highest BCUT2D eigenvalue weighted by Crippen LogP contribution is 2.17. The van der Waals surface area contributed by atoms with Gasteiger partial charge in [0.2, 0.25) is 0 Å². The largest absolute Gasteiger partial charge is 0.494 e. The predicted octanol–water partition coefficient (Wildman–Crippen LogP) is 4.20. The number of amides is 1. The lowest BCUT2D eigenvalue weighted by molar-refractivity contribution is 0.102. The molecular formula is C21H19ClN2O3. The first-order valence-electron chi connectivity index (χ1n) is 8.55. The second-order valence-corrected chi connectivity index (χ2v) is 6.27. The monoisotopic (exact) mass is 382 g/mol. The van der Waals surface area contributed by atoms with Crippen LogP contribution in [0, 0.1) is 0 Å². The third kappa shape index (κ3) is 4.57. The Hall–Kier alpha value is -3.05. The molecule has 0 saturated carbocycles. The standard InChI is InChI=1S/C21H19ClN2O3/c1-2-27-17-11-9-16(10-12-17)23-20(25)18-7-5-13-24(21(18)26)14-15-6-3-4-8-19(15)22/h3-13H,2,14H2,1H3,(H,23,25). The molecule has 0 radical (unpaired) electrons. The number of rotatable bonds is 6. The van der Waals surface area contributed by atoms with E-state index in [9.17, 15) is 9.59 Å². The van der Waals surface area contributed by atoms with Gasteiger partial charge in [-0.3, -0.25) is 9.59 Å². The van der Waals surface area contributed by atoms with Crippen LogP contribution in [0.15, 0.2) is 71.7 Å². The number of nitrogens with zero attached hydrogens (tertiary/aromatic N) is 1. The molecule has 3 rings (SSSR count). The van der Waals surface area contributed by atoms with E-state index in [1.54, 1.807) is 42.6 Å². The van der Waals surface area contributed by atoms with Crippen LogP contribution in [0.4, 0.5) is 5.69 Å². The quantitative estimate of drug-likeness (QED) is 0.695. The number of anilines is 1. The van der Waals surface area contributed by atoms with Crippen molar-refractivity contribution in [1.82, 2.24) is 4.57 Å². The summed E-state index contributed by atoms with van der Waals surface area (Å²) in [6.07, 6.45) is 1.64. The average Bonchev–Trinajstić information content (AvgIpc) is 2.67. The Bertz CT molecular complexity index is 997.